The molecule has 144 valence electrons. The highest BCUT2D eigenvalue weighted by Gasteiger charge is 2.24. The lowest BCUT2D eigenvalue weighted by Gasteiger charge is -2.26. The molecule has 0 radical (unpaired) electrons. The van der Waals surface area contributed by atoms with Crippen molar-refractivity contribution in [2.45, 2.75) is 26.2 Å². The van der Waals surface area contributed by atoms with E-state index in [0.717, 1.165) is 77.3 Å². The van der Waals surface area contributed by atoms with Gasteiger partial charge in [0.1, 0.15) is 0 Å². The molecule has 2 aliphatic rings. The molecule has 0 aromatic heterocycles. The zero-order chi connectivity index (χ0) is 18.0. The molecule has 2 aliphatic heterocycles. The average Bonchev–Trinajstić information content (AvgIpc) is 3.14. The van der Waals surface area contributed by atoms with Crippen molar-refractivity contribution in [3.8, 4) is 0 Å². The van der Waals surface area contributed by atoms with Gasteiger partial charge in [-0.2, -0.15) is 0 Å². The molecule has 0 amide bonds. The van der Waals surface area contributed by atoms with Crippen LogP contribution >= 0.6 is 0 Å². The average molecular weight is 359 g/mol. The third kappa shape index (κ3) is 5.99. The summed E-state index contributed by atoms with van der Waals surface area (Å²) in [4.78, 5) is 9.83. The third-order valence-corrected chi connectivity index (χ3v) is 5.29. The van der Waals surface area contributed by atoms with Gasteiger partial charge in [-0.05, 0) is 37.7 Å². The first-order chi connectivity index (χ1) is 12.8. The molecule has 1 aromatic rings. The Bertz CT molecular complexity index is 542. The molecular formula is C21H34N4O. The van der Waals surface area contributed by atoms with Crippen molar-refractivity contribution in [1.82, 2.24) is 15.1 Å². The molecule has 0 bridgehead atoms. The van der Waals surface area contributed by atoms with Gasteiger partial charge in [0.15, 0.2) is 5.96 Å². The summed E-state index contributed by atoms with van der Waals surface area (Å²) in [5.41, 5.74) is 1.45. The topological polar surface area (TPSA) is 40.1 Å². The van der Waals surface area contributed by atoms with Crippen LogP contribution in [0.3, 0.4) is 0 Å². The molecule has 5 nitrogen and oxygen atoms in total. The molecule has 1 unspecified atom stereocenters. The van der Waals surface area contributed by atoms with E-state index in [4.69, 9.17) is 9.73 Å². The highest BCUT2D eigenvalue weighted by atomic mass is 16.5. The number of guanidine groups is 1. The Morgan fingerprint density at radius 2 is 2.00 bits per heavy atom. The number of aliphatic imine (C=N–C) groups is 1. The smallest absolute Gasteiger partial charge is 0.193 e. The Morgan fingerprint density at radius 3 is 2.77 bits per heavy atom. The molecule has 1 N–H and O–H groups in total. The second-order valence-electron chi connectivity index (χ2n) is 7.33. The van der Waals surface area contributed by atoms with Crippen molar-refractivity contribution in [3.05, 3.63) is 35.9 Å². The summed E-state index contributed by atoms with van der Waals surface area (Å²) >= 11 is 0. The van der Waals surface area contributed by atoms with E-state index in [1.807, 2.05) is 0 Å². The van der Waals surface area contributed by atoms with E-state index >= 15 is 0 Å². The lowest BCUT2D eigenvalue weighted by Crippen LogP contribution is -2.40. The van der Waals surface area contributed by atoms with Crippen LogP contribution in [-0.4, -0.2) is 74.8 Å². The van der Waals surface area contributed by atoms with E-state index in [-0.39, 0.29) is 0 Å². The van der Waals surface area contributed by atoms with Crippen LogP contribution in [0.2, 0.25) is 0 Å². The largest absolute Gasteiger partial charge is 0.379 e. The lowest BCUT2D eigenvalue weighted by atomic mass is 9.99. The second-order valence-corrected chi connectivity index (χ2v) is 7.33. The van der Waals surface area contributed by atoms with E-state index in [9.17, 15) is 0 Å². The van der Waals surface area contributed by atoms with Gasteiger partial charge in [0, 0.05) is 45.8 Å². The van der Waals surface area contributed by atoms with Crippen LogP contribution in [0.4, 0.5) is 0 Å². The van der Waals surface area contributed by atoms with Crippen molar-refractivity contribution in [1.29, 1.82) is 0 Å². The zero-order valence-corrected chi connectivity index (χ0v) is 16.2. The van der Waals surface area contributed by atoms with Crippen LogP contribution in [-0.2, 0) is 11.2 Å². The summed E-state index contributed by atoms with van der Waals surface area (Å²) in [6.45, 7) is 11.2. The standard InChI is InChI=1S/C21H34N4O/c1-2-22-21(23-10-6-11-24-13-15-26-16-14-24)25-12-9-20(18-25)17-19-7-4-3-5-8-19/h3-5,7-8,20H,2,6,9-18H2,1H3,(H,22,23). The molecular weight excluding hydrogens is 324 g/mol. The molecule has 3 rings (SSSR count). The number of ether oxygens (including phenoxy) is 1. The Labute approximate surface area is 158 Å². The minimum absolute atomic E-state index is 0.731. The van der Waals surface area contributed by atoms with E-state index in [0.29, 0.717) is 0 Å². The summed E-state index contributed by atoms with van der Waals surface area (Å²) < 4.78 is 5.41. The molecule has 0 spiro atoms. The Kier molecular flexibility index (Phi) is 7.77. The Balaban J connectivity index is 1.44. The highest BCUT2D eigenvalue weighted by molar-refractivity contribution is 5.80. The minimum Gasteiger partial charge on any atom is -0.379 e. The predicted octanol–water partition coefficient (Wildman–Crippen LogP) is 2.24. The van der Waals surface area contributed by atoms with Gasteiger partial charge in [-0.1, -0.05) is 30.3 Å². The summed E-state index contributed by atoms with van der Waals surface area (Å²) in [7, 11) is 0. The van der Waals surface area contributed by atoms with Gasteiger partial charge in [-0.25, -0.2) is 0 Å². The van der Waals surface area contributed by atoms with Crippen LogP contribution in [0.15, 0.2) is 35.3 Å². The van der Waals surface area contributed by atoms with Gasteiger partial charge in [-0.15, -0.1) is 0 Å². The summed E-state index contributed by atoms with van der Waals surface area (Å²) in [5.74, 6) is 1.83. The normalized spacial score (nSPS) is 22.0. The molecule has 5 heteroatoms. The van der Waals surface area contributed by atoms with Crippen molar-refractivity contribution in [2.75, 3.05) is 59.0 Å². The maximum atomic E-state index is 5.41. The van der Waals surface area contributed by atoms with Crippen molar-refractivity contribution < 1.29 is 4.74 Å². The van der Waals surface area contributed by atoms with Crippen LogP contribution in [0.25, 0.3) is 0 Å². The number of benzene rings is 1. The van der Waals surface area contributed by atoms with Gasteiger partial charge in [-0.3, -0.25) is 9.89 Å². The van der Waals surface area contributed by atoms with Crippen LogP contribution < -0.4 is 5.32 Å². The first-order valence-corrected chi connectivity index (χ1v) is 10.2. The fourth-order valence-corrected chi connectivity index (χ4v) is 3.87. The fraction of sp³-hybridized carbons (Fsp3) is 0.667. The van der Waals surface area contributed by atoms with Gasteiger partial charge in [0.25, 0.3) is 0 Å². The number of hydrogen-bond acceptors (Lipinski definition) is 3. The summed E-state index contributed by atoms with van der Waals surface area (Å²) in [5, 5.41) is 3.49. The maximum Gasteiger partial charge on any atom is 0.193 e. The Morgan fingerprint density at radius 1 is 1.19 bits per heavy atom. The number of rotatable bonds is 7. The molecule has 2 saturated heterocycles. The van der Waals surface area contributed by atoms with Crippen molar-refractivity contribution in [3.63, 3.8) is 0 Å². The molecule has 1 atom stereocenters. The first kappa shape index (κ1) is 19.2. The fourth-order valence-electron chi connectivity index (χ4n) is 3.87. The molecule has 2 heterocycles. The van der Waals surface area contributed by atoms with Crippen LogP contribution in [0.5, 0.6) is 0 Å². The number of likely N-dealkylation sites (tertiary alicyclic amines) is 1. The molecule has 2 fully saturated rings. The maximum absolute atomic E-state index is 5.41. The predicted molar refractivity (Wildman–Crippen MR) is 108 cm³/mol. The van der Waals surface area contributed by atoms with E-state index in [1.54, 1.807) is 0 Å². The minimum atomic E-state index is 0.731. The lowest BCUT2D eigenvalue weighted by molar-refractivity contribution is 0.0377. The van der Waals surface area contributed by atoms with Gasteiger partial charge in [0.05, 0.1) is 13.2 Å². The molecule has 0 aliphatic carbocycles. The van der Waals surface area contributed by atoms with E-state index in [1.165, 1.54) is 18.4 Å². The van der Waals surface area contributed by atoms with Crippen LogP contribution in [0, 0.1) is 5.92 Å². The first-order valence-electron chi connectivity index (χ1n) is 10.2. The summed E-state index contributed by atoms with van der Waals surface area (Å²) in [6, 6.07) is 10.9. The second kappa shape index (κ2) is 10.5. The number of hydrogen-bond donors (Lipinski definition) is 1. The quantitative estimate of drug-likeness (QED) is 0.461. The Hall–Kier alpha value is -1.59. The van der Waals surface area contributed by atoms with E-state index in [2.05, 4.69) is 52.4 Å². The highest BCUT2D eigenvalue weighted by Crippen LogP contribution is 2.20. The third-order valence-electron chi connectivity index (χ3n) is 5.29. The van der Waals surface area contributed by atoms with Gasteiger partial charge < -0.3 is 15.0 Å². The monoisotopic (exact) mass is 358 g/mol. The molecule has 26 heavy (non-hydrogen) atoms. The number of morpholine rings is 1. The van der Waals surface area contributed by atoms with Gasteiger partial charge >= 0.3 is 0 Å². The zero-order valence-electron chi connectivity index (χ0n) is 16.2. The van der Waals surface area contributed by atoms with Gasteiger partial charge in [0.2, 0.25) is 0 Å². The number of nitrogens with one attached hydrogen (secondary N) is 1. The van der Waals surface area contributed by atoms with Crippen molar-refractivity contribution >= 4 is 5.96 Å². The van der Waals surface area contributed by atoms with E-state index < -0.39 is 0 Å². The van der Waals surface area contributed by atoms with Crippen molar-refractivity contribution in [2.24, 2.45) is 10.9 Å². The van der Waals surface area contributed by atoms with Crippen LogP contribution in [0.1, 0.15) is 25.3 Å². The SMILES string of the molecule is CCNC(=NCCCN1CCOCC1)N1CCC(Cc2ccccc2)C1. The molecule has 1 aromatic carbocycles. The number of nitrogens with zero attached hydrogens (tertiary/aromatic N) is 3. The molecule has 0 saturated carbocycles. The summed E-state index contributed by atoms with van der Waals surface area (Å²) in [6.07, 6.45) is 3.55.